The molecule has 1 rings (SSSR count). The third-order valence-corrected chi connectivity index (χ3v) is 4.00. The minimum absolute atomic E-state index is 0.469. The van der Waals surface area contributed by atoms with E-state index in [-0.39, 0.29) is 0 Å². The minimum Gasteiger partial charge on any atom is -0.501 e. The fraction of sp³-hybridized carbons (Fsp3) is 0.833. The maximum atomic E-state index is 5.66. The van der Waals surface area contributed by atoms with Crippen LogP contribution in [0.5, 0.6) is 0 Å². The van der Waals surface area contributed by atoms with Gasteiger partial charge in [0.1, 0.15) is 0 Å². The molecule has 0 aromatic carbocycles. The molecule has 0 aromatic heterocycles. The van der Waals surface area contributed by atoms with Crippen molar-refractivity contribution >= 4 is 11.8 Å². The van der Waals surface area contributed by atoms with Crippen LogP contribution in [0.3, 0.4) is 0 Å². The van der Waals surface area contributed by atoms with E-state index in [1.54, 1.807) is 0 Å². The Kier molecular flexibility index (Phi) is 4.86. The van der Waals surface area contributed by atoms with E-state index >= 15 is 0 Å². The molecule has 0 spiro atoms. The molecule has 1 aliphatic rings. The quantitative estimate of drug-likeness (QED) is 0.657. The zero-order valence-electron chi connectivity index (χ0n) is 9.64. The van der Waals surface area contributed by atoms with Crippen LogP contribution in [0.2, 0.25) is 0 Å². The van der Waals surface area contributed by atoms with Crippen LogP contribution in [0.25, 0.3) is 0 Å². The van der Waals surface area contributed by atoms with Crippen LogP contribution in [-0.2, 0) is 4.74 Å². The molecule has 0 N–H and O–H groups in total. The number of hydrogen-bond acceptors (Lipinski definition) is 2. The number of rotatable bonds is 4. The molecule has 0 bridgehead atoms. The fourth-order valence-electron chi connectivity index (χ4n) is 1.79. The SMILES string of the molecule is CCC1(COC=C(C)C)CCSCC1. The summed E-state index contributed by atoms with van der Waals surface area (Å²) in [6.45, 7) is 7.36. The maximum Gasteiger partial charge on any atom is 0.0929 e. The molecule has 0 atom stereocenters. The Morgan fingerprint density at radius 2 is 2.00 bits per heavy atom. The Morgan fingerprint density at radius 1 is 1.36 bits per heavy atom. The van der Waals surface area contributed by atoms with Gasteiger partial charge in [0.05, 0.1) is 12.9 Å². The van der Waals surface area contributed by atoms with Gasteiger partial charge in [0.25, 0.3) is 0 Å². The van der Waals surface area contributed by atoms with Gasteiger partial charge < -0.3 is 4.74 Å². The van der Waals surface area contributed by atoms with E-state index < -0.39 is 0 Å². The lowest BCUT2D eigenvalue weighted by Gasteiger charge is -2.35. The summed E-state index contributed by atoms with van der Waals surface area (Å²) in [4.78, 5) is 0. The molecule has 0 unspecified atom stereocenters. The van der Waals surface area contributed by atoms with Gasteiger partial charge in [0.15, 0.2) is 0 Å². The number of thioether (sulfide) groups is 1. The Hall–Kier alpha value is -0.110. The standard InChI is InChI=1S/C12H22OS/c1-4-12(5-7-14-8-6-12)10-13-9-11(2)3/h9H,4-8,10H2,1-3H3. The van der Waals surface area contributed by atoms with Gasteiger partial charge >= 0.3 is 0 Å². The van der Waals surface area contributed by atoms with Gasteiger partial charge in [0, 0.05) is 5.41 Å². The summed E-state index contributed by atoms with van der Waals surface area (Å²) in [5, 5.41) is 0. The van der Waals surface area contributed by atoms with Crippen molar-refractivity contribution in [2.24, 2.45) is 5.41 Å². The van der Waals surface area contributed by atoms with Crippen molar-refractivity contribution in [2.75, 3.05) is 18.1 Å². The first-order valence-electron chi connectivity index (χ1n) is 5.51. The van der Waals surface area contributed by atoms with Gasteiger partial charge in [-0.05, 0) is 50.2 Å². The van der Waals surface area contributed by atoms with Crippen molar-refractivity contribution in [3.8, 4) is 0 Å². The molecule has 0 saturated carbocycles. The highest BCUT2D eigenvalue weighted by molar-refractivity contribution is 7.99. The highest BCUT2D eigenvalue weighted by Gasteiger charge is 2.30. The van der Waals surface area contributed by atoms with Gasteiger partial charge in [-0.2, -0.15) is 11.8 Å². The van der Waals surface area contributed by atoms with Crippen molar-refractivity contribution in [1.82, 2.24) is 0 Å². The van der Waals surface area contributed by atoms with E-state index in [9.17, 15) is 0 Å². The van der Waals surface area contributed by atoms with Crippen LogP contribution in [-0.4, -0.2) is 18.1 Å². The third-order valence-electron chi connectivity index (χ3n) is 3.01. The summed E-state index contributed by atoms with van der Waals surface area (Å²) < 4.78 is 5.66. The second-order valence-electron chi connectivity index (χ2n) is 4.47. The van der Waals surface area contributed by atoms with E-state index in [1.807, 2.05) is 6.26 Å². The van der Waals surface area contributed by atoms with Crippen LogP contribution in [0, 0.1) is 5.41 Å². The second-order valence-corrected chi connectivity index (χ2v) is 5.70. The van der Waals surface area contributed by atoms with Crippen LogP contribution >= 0.6 is 11.8 Å². The van der Waals surface area contributed by atoms with E-state index in [1.165, 1.54) is 36.3 Å². The highest BCUT2D eigenvalue weighted by Crippen LogP contribution is 2.38. The normalized spacial score (nSPS) is 20.2. The summed E-state index contributed by atoms with van der Waals surface area (Å²) in [5.74, 6) is 2.62. The van der Waals surface area contributed by atoms with Gasteiger partial charge in [-0.3, -0.25) is 0 Å². The lowest BCUT2D eigenvalue weighted by Crippen LogP contribution is -2.30. The molecule has 1 heterocycles. The van der Waals surface area contributed by atoms with E-state index in [0.29, 0.717) is 5.41 Å². The molecular formula is C12H22OS. The van der Waals surface area contributed by atoms with Crippen LogP contribution < -0.4 is 0 Å². The zero-order valence-corrected chi connectivity index (χ0v) is 10.5. The first-order valence-corrected chi connectivity index (χ1v) is 6.67. The third kappa shape index (κ3) is 3.56. The largest absolute Gasteiger partial charge is 0.501 e. The average Bonchev–Trinajstić information content (AvgIpc) is 2.19. The fourth-order valence-corrected chi connectivity index (χ4v) is 3.15. The maximum absolute atomic E-state index is 5.66. The van der Waals surface area contributed by atoms with Crippen LogP contribution in [0.4, 0.5) is 0 Å². The predicted octanol–water partition coefficient (Wildman–Crippen LogP) is 3.85. The Labute approximate surface area is 92.3 Å². The summed E-state index contributed by atoms with van der Waals surface area (Å²) in [6, 6.07) is 0. The first kappa shape index (κ1) is 12.0. The molecule has 0 aromatic rings. The van der Waals surface area contributed by atoms with Crippen molar-refractivity contribution in [1.29, 1.82) is 0 Å². The molecule has 0 amide bonds. The van der Waals surface area contributed by atoms with Crippen molar-refractivity contribution < 1.29 is 4.74 Å². The first-order chi connectivity index (χ1) is 6.68. The van der Waals surface area contributed by atoms with E-state index in [2.05, 4.69) is 32.5 Å². The van der Waals surface area contributed by atoms with Crippen molar-refractivity contribution in [3.05, 3.63) is 11.8 Å². The Balaban J connectivity index is 2.40. The highest BCUT2D eigenvalue weighted by atomic mass is 32.2. The van der Waals surface area contributed by atoms with Gasteiger partial charge in [-0.25, -0.2) is 0 Å². The second kappa shape index (κ2) is 5.69. The predicted molar refractivity (Wildman–Crippen MR) is 64.7 cm³/mol. The Morgan fingerprint density at radius 3 is 2.50 bits per heavy atom. The average molecular weight is 214 g/mol. The van der Waals surface area contributed by atoms with Gasteiger partial charge in [-0.15, -0.1) is 0 Å². The number of hydrogen-bond donors (Lipinski definition) is 0. The van der Waals surface area contributed by atoms with Gasteiger partial charge in [0.2, 0.25) is 0 Å². The zero-order chi connectivity index (χ0) is 10.4. The van der Waals surface area contributed by atoms with Gasteiger partial charge in [-0.1, -0.05) is 6.92 Å². The van der Waals surface area contributed by atoms with Crippen molar-refractivity contribution in [2.45, 2.75) is 40.0 Å². The van der Waals surface area contributed by atoms with E-state index in [4.69, 9.17) is 4.74 Å². The molecule has 1 aliphatic heterocycles. The summed E-state index contributed by atoms with van der Waals surface area (Å²) in [6.07, 6.45) is 5.80. The lowest BCUT2D eigenvalue weighted by atomic mass is 9.80. The molecule has 14 heavy (non-hydrogen) atoms. The molecule has 2 heteroatoms. The molecule has 1 saturated heterocycles. The topological polar surface area (TPSA) is 9.23 Å². The van der Waals surface area contributed by atoms with E-state index in [0.717, 1.165) is 6.61 Å². The van der Waals surface area contributed by atoms with Crippen LogP contribution in [0.15, 0.2) is 11.8 Å². The molecular weight excluding hydrogens is 192 g/mol. The molecule has 0 aliphatic carbocycles. The smallest absolute Gasteiger partial charge is 0.0929 e. The number of allylic oxidation sites excluding steroid dienone is 1. The summed E-state index contributed by atoms with van der Waals surface area (Å²) in [7, 11) is 0. The summed E-state index contributed by atoms with van der Waals surface area (Å²) >= 11 is 2.08. The van der Waals surface area contributed by atoms with Crippen molar-refractivity contribution in [3.63, 3.8) is 0 Å². The molecule has 0 radical (unpaired) electrons. The van der Waals surface area contributed by atoms with Crippen LogP contribution in [0.1, 0.15) is 40.0 Å². The minimum atomic E-state index is 0.469. The Bertz CT molecular complexity index is 188. The number of ether oxygens (including phenoxy) is 1. The molecule has 82 valence electrons. The monoisotopic (exact) mass is 214 g/mol. The molecule has 1 nitrogen and oxygen atoms in total. The molecule has 1 fully saturated rings. The summed E-state index contributed by atoms with van der Waals surface area (Å²) in [5.41, 5.74) is 1.72. The lowest BCUT2D eigenvalue weighted by molar-refractivity contribution is 0.0933.